The number of carbonyl (C=O) groups is 2. The predicted octanol–water partition coefficient (Wildman–Crippen LogP) is 7.08. The molecule has 63 heavy (non-hydrogen) atoms. The number of benzene rings is 3. The standard InChI is InChI=1S/C22H30N2O7S2.C21H38N2O5SSi/c1-16-11-13-18(14-12-16)33(28,29)30-15-19(23-21(25)31-22(2,3)4)20(24-32(5,26)27)17-9-7-6-8-10-17;1-20(2,3)28-19(24)22-17(15-27-30(8,9)21(4,5)6)18(23-29(7,25)26)16-13-11-10-12-14-16/h6-14,19-20,24H,15H2,1-5H3,(H,23,25);10-14,17-18,23H,15H2,1-9H3,(H,22,24)/t19-,20+;17-,18+/m11/s1. The van der Waals surface area contributed by atoms with Crippen LogP contribution in [0.1, 0.15) is 91.1 Å². The van der Waals surface area contributed by atoms with E-state index in [-0.39, 0.29) is 16.5 Å². The summed E-state index contributed by atoms with van der Waals surface area (Å²) < 4.78 is 101. The van der Waals surface area contributed by atoms with Crippen molar-refractivity contribution in [1.29, 1.82) is 0 Å². The molecule has 3 aromatic rings. The molecule has 16 nitrogen and oxygen atoms in total. The fourth-order valence-electron chi connectivity index (χ4n) is 5.36. The number of hydrogen-bond acceptors (Lipinski definition) is 12. The van der Waals surface area contributed by atoms with Crippen molar-refractivity contribution in [2.45, 2.75) is 128 Å². The number of amides is 2. The minimum atomic E-state index is -4.17. The molecular weight excluding hydrogens is 889 g/mol. The summed E-state index contributed by atoms with van der Waals surface area (Å²) in [6.07, 6.45) is 0.599. The first-order chi connectivity index (χ1) is 28.6. The smallest absolute Gasteiger partial charge is 0.408 e. The van der Waals surface area contributed by atoms with Crippen LogP contribution in [0.5, 0.6) is 0 Å². The minimum Gasteiger partial charge on any atom is -0.444 e. The van der Waals surface area contributed by atoms with Gasteiger partial charge in [-0.1, -0.05) is 99.1 Å². The Morgan fingerprint density at radius 3 is 1.29 bits per heavy atom. The van der Waals surface area contributed by atoms with Gasteiger partial charge in [0.2, 0.25) is 20.0 Å². The van der Waals surface area contributed by atoms with Crippen molar-refractivity contribution in [3.05, 3.63) is 102 Å². The third kappa shape index (κ3) is 21.1. The molecular formula is C43H68N4O12S3Si. The van der Waals surface area contributed by atoms with Gasteiger partial charge in [-0.05, 0) is 89.9 Å². The van der Waals surface area contributed by atoms with Gasteiger partial charge in [0.25, 0.3) is 10.1 Å². The number of ether oxygens (including phenoxy) is 2. The van der Waals surface area contributed by atoms with Crippen molar-refractivity contribution in [3.8, 4) is 0 Å². The van der Waals surface area contributed by atoms with Crippen molar-refractivity contribution >= 4 is 50.7 Å². The maximum Gasteiger partial charge on any atom is 0.408 e. The Hall–Kier alpha value is -3.89. The molecule has 0 aliphatic rings. The van der Waals surface area contributed by atoms with Crippen molar-refractivity contribution in [2.24, 2.45) is 0 Å². The molecule has 0 saturated heterocycles. The van der Waals surface area contributed by atoms with Crippen LogP contribution < -0.4 is 20.1 Å². The zero-order valence-corrected chi connectivity index (χ0v) is 42.4. The highest BCUT2D eigenvalue weighted by Crippen LogP contribution is 2.37. The first-order valence-corrected chi connectivity index (χ1v) is 28.3. The summed E-state index contributed by atoms with van der Waals surface area (Å²) in [7, 11) is -13.6. The van der Waals surface area contributed by atoms with Crippen LogP contribution in [0.25, 0.3) is 0 Å². The molecule has 20 heteroatoms. The largest absolute Gasteiger partial charge is 0.444 e. The van der Waals surface area contributed by atoms with Gasteiger partial charge in [0.05, 0.1) is 54.8 Å². The third-order valence-electron chi connectivity index (χ3n) is 9.35. The average Bonchev–Trinajstić information content (AvgIpc) is 3.12. The average molecular weight is 957 g/mol. The van der Waals surface area contributed by atoms with Crippen LogP contribution in [0, 0.1) is 6.92 Å². The van der Waals surface area contributed by atoms with Gasteiger partial charge >= 0.3 is 12.2 Å². The van der Waals surface area contributed by atoms with Crippen LogP contribution in [0.2, 0.25) is 18.1 Å². The third-order valence-corrected chi connectivity index (χ3v) is 16.5. The lowest BCUT2D eigenvalue weighted by Gasteiger charge is -2.38. The van der Waals surface area contributed by atoms with E-state index >= 15 is 0 Å². The maximum atomic E-state index is 12.7. The monoisotopic (exact) mass is 956 g/mol. The Labute approximate surface area is 377 Å². The molecule has 4 N–H and O–H groups in total. The summed E-state index contributed by atoms with van der Waals surface area (Å²) in [6, 6.07) is 20.1. The molecule has 0 unspecified atom stereocenters. The van der Waals surface area contributed by atoms with E-state index in [1.807, 2.05) is 37.3 Å². The van der Waals surface area contributed by atoms with E-state index in [0.29, 0.717) is 5.56 Å². The highest BCUT2D eigenvalue weighted by atomic mass is 32.2. The summed E-state index contributed by atoms with van der Waals surface area (Å²) in [6.45, 7) is 22.4. The molecule has 0 aromatic heterocycles. The maximum absolute atomic E-state index is 12.7. The van der Waals surface area contributed by atoms with Gasteiger partial charge in [0.1, 0.15) is 11.2 Å². The molecule has 0 spiro atoms. The van der Waals surface area contributed by atoms with Gasteiger partial charge in [-0.3, -0.25) is 4.18 Å². The van der Waals surface area contributed by atoms with E-state index in [9.17, 15) is 34.8 Å². The molecule has 0 fully saturated rings. The Balaban J connectivity index is 0.000000436. The van der Waals surface area contributed by atoms with Gasteiger partial charge in [0.15, 0.2) is 8.32 Å². The Morgan fingerprint density at radius 2 is 0.952 bits per heavy atom. The number of rotatable bonds is 17. The molecule has 3 rings (SSSR count). The highest BCUT2D eigenvalue weighted by Gasteiger charge is 2.39. The number of alkyl carbamates (subject to hydrolysis) is 2. The number of aryl methyl sites for hydroxylation is 1. The van der Waals surface area contributed by atoms with Crippen LogP contribution in [0.15, 0.2) is 89.8 Å². The summed E-state index contributed by atoms with van der Waals surface area (Å²) in [4.78, 5) is 25.0. The molecule has 0 aliphatic carbocycles. The fourth-order valence-corrected chi connectivity index (χ4v) is 8.84. The number of hydrogen-bond donors (Lipinski definition) is 4. The van der Waals surface area contributed by atoms with Gasteiger partial charge in [-0.15, -0.1) is 0 Å². The highest BCUT2D eigenvalue weighted by molar-refractivity contribution is 7.89. The molecule has 354 valence electrons. The van der Waals surface area contributed by atoms with Crippen molar-refractivity contribution in [2.75, 3.05) is 25.7 Å². The van der Waals surface area contributed by atoms with E-state index in [1.165, 1.54) is 12.1 Å². The van der Waals surface area contributed by atoms with E-state index < -0.39 is 92.6 Å². The normalized spacial score (nSPS) is 14.8. The quantitative estimate of drug-likeness (QED) is 0.0788. The minimum absolute atomic E-state index is 0.0318. The van der Waals surface area contributed by atoms with E-state index in [4.69, 9.17) is 18.1 Å². The van der Waals surface area contributed by atoms with E-state index in [0.717, 1.165) is 23.6 Å². The van der Waals surface area contributed by atoms with E-state index in [1.54, 1.807) is 84.0 Å². The lowest BCUT2D eigenvalue weighted by molar-refractivity contribution is 0.0463. The van der Waals surface area contributed by atoms with Crippen molar-refractivity contribution in [1.82, 2.24) is 20.1 Å². The lowest BCUT2D eigenvalue weighted by atomic mass is 10.0. The SMILES string of the molecule is CC(C)(C)OC(=O)N[C@H](CO[Si](C)(C)C(C)(C)C)[C@@H](NS(C)(=O)=O)c1ccccc1.Cc1ccc(S(=O)(=O)OC[C@@H](NC(=O)OC(C)(C)C)[C@@H](NS(C)(=O)=O)c2ccccc2)cc1. The van der Waals surface area contributed by atoms with Crippen LogP contribution >= 0.6 is 0 Å². The van der Waals surface area contributed by atoms with Crippen LogP contribution in [-0.4, -0.2) is 94.8 Å². The van der Waals surface area contributed by atoms with Gasteiger partial charge < -0.3 is 24.5 Å². The number of nitrogens with one attached hydrogen (secondary N) is 4. The first-order valence-electron chi connectivity index (χ1n) is 20.2. The second kappa shape index (κ2) is 22.3. The second-order valence-corrected chi connectivity index (χ2v) is 28.7. The summed E-state index contributed by atoms with van der Waals surface area (Å²) in [5, 5.41) is 5.35. The van der Waals surface area contributed by atoms with Crippen LogP contribution in [0.4, 0.5) is 9.59 Å². The zero-order valence-electron chi connectivity index (χ0n) is 38.9. The molecule has 2 amide bonds. The molecule has 0 heterocycles. The lowest BCUT2D eigenvalue weighted by Crippen LogP contribution is -2.52. The molecule has 0 aliphatic heterocycles. The summed E-state index contributed by atoms with van der Waals surface area (Å²) in [5.41, 5.74) is 0.597. The number of sulfonamides is 2. The van der Waals surface area contributed by atoms with Gasteiger partial charge in [0, 0.05) is 0 Å². The van der Waals surface area contributed by atoms with Crippen LogP contribution in [0.3, 0.4) is 0 Å². The Morgan fingerprint density at radius 1 is 0.587 bits per heavy atom. The predicted molar refractivity (Wildman–Crippen MR) is 248 cm³/mol. The molecule has 0 bridgehead atoms. The zero-order chi connectivity index (χ0) is 48.2. The van der Waals surface area contributed by atoms with Crippen molar-refractivity contribution in [3.63, 3.8) is 0 Å². The second-order valence-electron chi connectivity index (χ2n) is 18.7. The summed E-state index contributed by atoms with van der Waals surface area (Å²) in [5.74, 6) is 0. The fraction of sp³-hybridized carbons (Fsp3) is 0.535. The van der Waals surface area contributed by atoms with Crippen LogP contribution in [-0.2, 0) is 48.2 Å². The van der Waals surface area contributed by atoms with E-state index in [2.05, 4.69) is 53.9 Å². The van der Waals surface area contributed by atoms with Gasteiger partial charge in [-0.25, -0.2) is 35.9 Å². The van der Waals surface area contributed by atoms with Crippen molar-refractivity contribution < 1.29 is 52.9 Å². The molecule has 4 atom stereocenters. The van der Waals surface area contributed by atoms with Gasteiger partial charge in [-0.2, -0.15) is 8.42 Å². The Bertz CT molecular complexity index is 2260. The topological polar surface area (TPSA) is 222 Å². The molecule has 0 saturated carbocycles. The molecule has 3 aromatic carbocycles. The summed E-state index contributed by atoms with van der Waals surface area (Å²) >= 11 is 0. The Kier molecular flexibility index (Phi) is 19.6. The first kappa shape index (κ1) is 55.2. The number of carbonyl (C=O) groups excluding carboxylic acids is 2. The molecule has 0 radical (unpaired) electrons.